The zero-order chi connectivity index (χ0) is 19.9. The lowest BCUT2D eigenvalue weighted by molar-refractivity contribution is 0.113. The van der Waals surface area contributed by atoms with E-state index < -0.39 is 0 Å². The molecule has 0 radical (unpaired) electrons. The highest BCUT2D eigenvalue weighted by atomic mass is 32.1. The van der Waals surface area contributed by atoms with E-state index in [4.69, 9.17) is 31.2 Å². The summed E-state index contributed by atoms with van der Waals surface area (Å²) in [5, 5.41) is 4.24. The summed E-state index contributed by atoms with van der Waals surface area (Å²) in [5.74, 6) is 1.98. The maximum atomic E-state index is 5.80. The second-order valence-electron chi connectivity index (χ2n) is 7.38. The Hall–Kier alpha value is -1.73. The highest BCUT2D eigenvalue weighted by Crippen LogP contribution is 2.40. The molecular weight excluding hydrogens is 376 g/mol. The average molecular weight is 409 g/mol. The van der Waals surface area contributed by atoms with Crippen LogP contribution in [-0.4, -0.2) is 56.6 Å². The molecule has 0 spiro atoms. The van der Waals surface area contributed by atoms with Crippen molar-refractivity contribution in [1.29, 1.82) is 0 Å². The van der Waals surface area contributed by atoms with Gasteiger partial charge in [-0.25, -0.2) is 0 Å². The SMILES string of the molecule is COc1ccc(CN(C(=S)NCC2CCCO2)C2CCCC2)c(OC)c1OC. The van der Waals surface area contributed by atoms with Crippen LogP contribution in [0.25, 0.3) is 0 Å². The molecule has 1 saturated carbocycles. The highest BCUT2D eigenvalue weighted by Gasteiger charge is 2.27. The molecule has 1 unspecified atom stereocenters. The van der Waals surface area contributed by atoms with Gasteiger partial charge in [-0.2, -0.15) is 0 Å². The normalized spacial score (nSPS) is 19.5. The van der Waals surface area contributed by atoms with Gasteiger partial charge in [-0.1, -0.05) is 12.8 Å². The Bertz CT molecular complexity index is 658. The van der Waals surface area contributed by atoms with Crippen molar-refractivity contribution in [1.82, 2.24) is 10.2 Å². The van der Waals surface area contributed by atoms with E-state index in [0.717, 1.165) is 49.5 Å². The first-order valence-electron chi connectivity index (χ1n) is 10.1. The van der Waals surface area contributed by atoms with E-state index >= 15 is 0 Å². The number of nitrogens with zero attached hydrogens (tertiary/aromatic N) is 1. The van der Waals surface area contributed by atoms with Crippen LogP contribution in [0.2, 0.25) is 0 Å². The monoisotopic (exact) mass is 408 g/mol. The van der Waals surface area contributed by atoms with Gasteiger partial charge >= 0.3 is 0 Å². The number of ether oxygens (including phenoxy) is 4. The molecule has 156 valence electrons. The molecule has 1 aromatic carbocycles. The van der Waals surface area contributed by atoms with Crippen LogP contribution >= 0.6 is 12.2 Å². The predicted octanol–water partition coefficient (Wildman–Crippen LogP) is 3.51. The smallest absolute Gasteiger partial charge is 0.203 e. The van der Waals surface area contributed by atoms with Crippen LogP contribution in [0.3, 0.4) is 0 Å². The molecule has 28 heavy (non-hydrogen) atoms. The number of rotatable bonds is 8. The largest absolute Gasteiger partial charge is 0.493 e. The van der Waals surface area contributed by atoms with Gasteiger partial charge in [-0.15, -0.1) is 0 Å². The fourth-order valence-electron chi connectivity index (χ4n) is 4.16. The van der Waals surface area contributed by atoms with Gasteiger partial charge in [-0.3, -0.25) is 0 Å². The fraction of sp³-hybridized carbons (Fsp3) is 0.667. The van der Waals surface area contributed by atoms with Gasteiger partial charge in [0.1, 0.15) is 0 Å². The molecular formula is C21H32N2O4S. The van der Waals surface area contributed by atoms with Crippen molar-refractivity contribution in [2.24, 2.45) is 0 Å². The highest BCUT2D eigenvalue weighted by molar-refractivity contribution is 7.80. The zero-order valence-corrected chi connectivity index (χ0v) is 18.0. The number of benzene rings is 1. The first-order chi connectivity index (χ1) is 13.7. The minimum Gasteiger partial charge on any atom is -0.493 e. The van der Waals surface area contributed by atoms with Crippen molar-refractivity contribution < 1.29 is 18.9 Å². The lowest BCUT2D eigenvalue weighted by Gasteiger charge is -2.33. The predicted molar refractivity (Wildman–Crippen MR) is 113 cm³/mol. The molecule has 1 N–H and O–H groups in total. The van der Waals surface area contributed by atoms with Gasteiger partial charge in [0.05, 0.1) is 27.4 Å². The van der Waals surface area contributed by atoms with Gasteiger partial charge in [0.15, 0.2) is 16.6 Å². The third kappa shape index (κ3) is 4.81. The lowest BCUT2D eigenvalue weighted by Crippen LogP contribution is -2.46. The van der Waals surface area contributed by atoms with Crippen molar-refractivity contribution in [3.8, 4) is 17.2 Å². The van der Waals surface area contributed by atoms with Crippen molar-refractivity contribution >= 4 is 17.3 Å². The maximum absolute atomic E-state index is 5.80. The van der Waals surface area contributed by atoms with Gasteiger partial charge in [0.2, 0.25) is 5.75 Å². The Morgan fingerprint density at radius 1 is 1.07 bits per heavy atom. The van der Waals surface area contributed by atoms with Crippen LogP contribution in [0.5, 0.6) is 17.2 Å². The Kier molecular flexibility index (Phi) is 7.62. The number of thiocarbonyl (C=S) groups is 1. The molecule has 1 aliphatic carbocycles. The van der Waals surface area contributed by atoms with E-state index in [1.54, 1.807) is 21.3 Å². The van der Waals surface area contributed by atoms with Crippen LogP contribution < -0.4 is 19.5 Å². The van der Waals surface area contributed by atoms with Crippen molar-refractivity contribution in [3.05, 3.63) is 17.7 Å². The summed E-state index contributed by atoms with van der Waals surface area (Å²) >= 11 is 5.80. The van der Waals surface area contributed by atoms with Crippen molar-refractivity contribution in [3.63, 3.8) is 0 Å². The second-order valence-corrected chi connectivity index (χ2v) is 7.77. The topological polar surface area (TPSA) is 52.2 Å². The molecule has 0 aromatic heterocycles. The van der Waals surface area contributed by atoms with E-state index in [9.17, 15) is 0 Å². The zero-order valence-electron chi connectivity index (χ0n) is 17.2. The Labute approximate surface area is 173 Å². The number of methoxy groups -OCH3 is 3. The molecule has 1 aromatic rings. The molecule has 7 heteroatoms. The summed E-state index contributed by atoms with van der Waals surface area (Å²) in [6.07, 6.45) is 7.32. The minimum absolute atomic E-state index is 0.263. The van der Waals surface area contributed by atoms with E-state index in [1.165, 1.54) is 12.8 Å². The summed E-state index contributed by atoms with van der Waals surface area (Å²) in [7, 11) is 4.92. The van der Waals surface area contributed by atoms with Crippen LogP contribution in [0.1, 0.15) is 44.1 Å². The summed E-state index contributed by atoms with van der Waals surface area (Å²) in [5.41, 5.74) is 1.04. The Morgan fingerprint density at radius 3 is 2.43 bits per heavy atom. The standard InChI is InChI=1S/C21H32N2O4S/c1-24-18-11-10-15(19(25-2)20(18)26-3)14-23(16-7-4-5-8-16)21(28)22-13-17-9-6-12-27-17/h10-11,16-17H,4-9,12-14H2,1-3H3,(H,22,28). The molecule has 3 rings (SSSR count). The molecule has 2 aliphatic rings. The minimum atomic E-state index is 0.263. The van der Waals surface area contributed by atoms with Gasteiger partial charge in [0.25, 0.3) is 0 Å². The van der Waals surface area contributed by atoms with Crippen LogP contribution in [0.4, 0.5) is 0 Å². The van der Waals surface area contributed by atoms with Crippen molar-refractivity contribution in [2.75, 3.05) is 34.5 Å². The fourth-order valence-corrected chi connectivity index (χ4v) is 4.46. The molecule has 1 aliphatic heterocycles. The second kappa shape index (κ2) is 10.2. The number of hydrogen-bond acceptors (Lipinski definition) is 5. The van der Waals surface area contributed by atoms with E-state index in [-0.39, 0.29) is 6.10 Å². The summed E-state index contributed by atoms with van der Waals surface area (Å²) in [4.78, 5) is 2.31. The van der Waals surface area contributed by atoms with Crippen molar-refractivity contribution in [2.45, 2.75) is 57.2 Å². The third-order valence-corrected chi connectivity index (χ3v) is 6.04. The van der Waals surface area contributed by atoms with E-state index in [0.29, 0.717) is 29.8 Å². The van der Waals surface area contributed by atoms with Crippen LogP contribution in [-0.2, 0) is 11.3 Å². The number of hydrogen-bond donors (Lipinski definition) is 1. The van der Waals surface area contributed by atoms with Crippen LogP contribution in [0.15, 0.2) is 12.1 Å². The Balaban J connectivity index is 1.78. The molecule has 1 heterocycles. The summed E-state index contributed by atoms with van der Waals surface area (Å²) < 4.78 is 22.4. The summed E-state index contributed by atoms with van der Waals surface area (Å²) in [6.45, 7) is 2.30. The first-order valence-corrected chi connectivity index (χ1v) is 10.5. The molecule has 2 fully saturated rings. The number of nitrogens with one attached hydrogen (secondary N) is 1. The average Bonchev–Trinajstić information content (AvgIpc) is 3.43. The third-order valence-electron chi connectivity index (χ3n) is 5.66. The molecule has 1 atom stereocenters. The first kappa shape index (κ1) is 21.0. The van der Waals surface area contributed by atoms with E-state index in [1.807, 2.05) is 12.1 Å². The lowest BCUT2D eigenvalue weighted by atomic mass is 10.1. The molecule has 6 nitrogen and oxygen atoms in total. The maximum Gasteiger partial charge on any atom is 0.203 e. The van der Waals surface area contributed by atoms with Crippen LogP contribution in [0, 0.1) is 0 Å². The molecule has 0 amide bonds. The van der Waals surface area contributed by atoms with Gasteiger partial charge in [-0.05, 0) is 50.0 Å². The summed E-state index contributed by atoms with van der Waals surface area (Å²) in [6, 6.07) is 4.40. The van der Waals surface area contributed by atoms with E-state index in [2.05, 4.69) is 10.2 Å². The quantitative estimate of drug-likeness (QED) is 0.661. The Morgan fingerprint density at radius 2 is 1.82 bits per heavy atom. The molecule has 0 bridgehead atoms. The van der Waals surface area contributed by atoms with Gasteiger partial charge < -0.3 is 29.2 Å². The molecule has 1 saturated heterocycles. The van der Waals surface area contributed by atoms with Gasteiger partial charge in [0, 0.05) is 31.3 Å².